The average molecular weight is 246 g/mol. The molecule has 9 heteroatoms. The highest BCUT2D eigenvalue weighted by Crippen LogP contribution is 2.05. The number of hydrogen-bond acceptors (Lipinski definition) is 6. The summed E-state index contributed by atoms with van der Waals surface area (Å²) in [5, 5.41) is 16.2. The van der Waals surface area contributed by atoms with Crippen LogP contribution >= 0.6 is 0 Å². The van der Waals surface area contributed by atoms with Crippen molar-refractivity contribution in [1.82, 2.24) is 0 Å². The quantitative estimate of drug-likeness (QED) is 0.327. The van der Waals surface area contributed by atoms with Crippen molar-refractivity contribution >= 4 is 10.4 Å². The lowest BCUT2D eigenvalue weighted by Gasteiger charge is -1.70. The molecule has 2 heterocycles. The van der Waals surface area contributed by atoms with Gasteiger partial charge in [0.05, 0.1) is 26.4 Å². The van der Waals surface area contributed by atoms with Crippen LogP contribution in [0.25, 0.3) is 0 Å². The maximum Gasteiger partial charge on any atom is 0.394 e. The van der Waals surface area contributed by atoms with Crippen LogP contribution in [0.4, 0.5) is 0 Å². The molecule has 15 heavy (non-hydrogen) atoms. The molecule has 2 rings (SSSR count). The normalized spacial score (nSPS) is 26.7. The van der Waals surface area contributed by atoms with E-state index >= 15 is 0 Å². The fraction of sp³-hybridized carbons (Fsp3) is 1.00. The molecule has 8 nitrogen and oxygen atoms in total. The first kappa shape index (κ1) is 14.7. The summed E-state index contributed by atoms with van der Waals surface area (Å²) in [4.78, 5) is 0. The topological polar surface area (TPSA) is 140 Å². The maximum atomic E-state index is 8.74. The molecule has 0 amide bonds. The van der Waals surface area contributed by atoms with Gasteiger partial charge in [-0.25, -0.2) is 0 Å². The first-order valence-electron chi connectivity index (χ1n) is 4.01. The predicted octanol–water partition coefficient (Wildman–Crippen LogP) is -1.90. The molecule has 0 aliphatic carbocycles. The van der Waals surface area contributed by atoms with E-state index in [-0.39, 0.29) is 25.4 Å². The van der Waals surface area contributed by atoms with Crippen molar-refractivity contribution in [3.63, 3.8) is 0 Å². The van der Waals surface area contributed by atoms with Crippen molar-refractivity contribution in [2.45, 2.75) is 12.2 Å². The molecule has 0 radical (unpaired) electrons. The molecular weight excluding hydrogens is 232 g/mol. The van der Waals surface area contributed by atoms with Gasteiger partial charge in [-0.1, -0.05) is 0 Å². The van der Waals surface area contributed by atoms with Gasteiger partial charge in [-0.15, -0.1) is 0 Å². The maximum absolute atomic E-state index is 8.74. The molecule has 0 saturated carbocycles. The van der Waals surface area contributed by atoms with Gasteiger partial charge in [-0.05, 0) is 0 Å². The zero-order chi connectivity index (χ0) is 11.9. The van der Waals surface area contributed by atoms with E-state index < -0.39 is 10.4 Å². The lowest BCUT2D eigenvalue weighted by Crippen LogP contribution is -1.89. The Labute approximate surface area is 87.0 Å². The standard InChI is InChI=1S/2C3H6O2.H2O4S/c2*4-1-3-2-5-3;1-5(2,3)4/h2*3-4H,1-2H2;(H2,1,2,3,4). The first-order chi connectivity index (χ1) is 6.86. The zero-order valence-electron chi connectivity index (χ0n) is 7.81. The molecule has 2 saturated heterocycles. The van der Waals surface area contributed by atoms with E-state index in [1.807, 2.05) is 0 Å². The van der Waals surface area contributed by atoms with Crippen LogP contribution in [-0.2, 0) is 19.9 Å². The van der Waals surface area contributed by atoms with Crippen molar-refractivity contribution in [2.24, 2.45) is 0 Å². The largest absolute Gasteiger partial charge is 0.394 e. The van der Waals surface area contributed by atoms with Gasteiger partial charge >= 0.3 is 10.4 Å². The number of epoxide rings is 2. The molecule has 2 atom stereocenters. The predicted molar refractivity (Wildman–Crippen MR) is 47.8 cm³/mol. The fourth-order valence-corrected chi connectivity index (χ4v) is 0.347. The summed E-state index contributed by atoms with van der Waals surface area (Å²) in [7, 11) is -4.67. The summed E-state index contributed by atoms with van der Waals surface area (Å²) in [6.45, 7) is 1.91. The number of hydrogen-bond donors (Lipinski definition) is 4. The lowest BCUT2D eigenvalue weighted by atomic mass is 10.5. The van der Waals surface area contributed by atoms with Gasteiger partial charge in [0.25, 0.3) is 0 Å². The minimum absolute atomic E-state index is 0.190. The number of aliphatic hydroxyl groups is 2. The molecule has 0 aromatic rings. The van der Waals surface area contributed by atoms with Crippen LogP contribution in [0, 0.1) is 0 Å². The van der Waals surface area contributed by atoms with Crippen LogP contribution in [0.15, 0.2) is 0 Å². The molecule has 2 aliphatic rings. The monoisotopic (exact) mass is 246 g/mol. The summed E-state index contributed by atoms with van der Waals surface area (Å²) in [6.07, 6.45) is 0.380. The number of ether oxygens (including phenoxy) is 2. The summed E-state index contributed by atoms with van der Waals surface area (Å²) < 4.78 is 40.8. The van der Waals surface area contributed by atoms with Gasteiger partial charge < -0.3 is 19.7 Å². The molecule has 0 spiro atoms. The van der Waals surface area contributed by atoms with E-state index in [1.165, 1.54) is 0 Å². The number of aliphatic hydroxyl groups excluding tert-OH is 2. The van der Waals surface area contributed by atoms with E-state index in [9.17, 15) is 0 Å². The van der Waals surface area contributed by atoms with Crippen LogP contribution in [0.3, 0.4) is 0 Å². The van der Waals surface area contributed by atoms with E-state index in [4.69, 9.17) is 27.7 Å². The molecule has 2 fully saturated rings. The molecule has 0 aromatic carbocycles. The van der Waals surface area contributed by atoms with Gasteiger partial charge in [0.15, 0.2) is 0 Å². The van der Waals surface area contributed by atoms with Crippen LogP contribution in [-0.4, -0.2) is 66.4 Å². The Morgan fingerprint density at radius 3 is 1.20 bits per heavy atom. The average Bonchev–Trinajstić information content (AvgIpc) is 2.98. The minimum Gasteiger partial charge on any atom is -0.394 e. The van der Waals surface area contributed by atoms with Crippen LogP contribution in [0.5, 0.6) is 0 Å². The smallest absolute Gasteiger partial charge is 0.394 e. The third-order valence-corrected chi connectivity index (χ3v) is 1.21. The third kappa shape index (κ3) is 19.9. The lowest BCUT2D eigenvalue weighted by molar-refractivity contribution is 0.244. The van der Waals surface area contributed by atoms with Crippen molar-refractivity contribution in [1.29, 1.82) is 0 Å². The second-order valence-electron chi connectivity index (χ2n) is 2.72. The molecule has 2 unspecified atom stereocenters. The SMILES string of the molecule is O=S(=O)(O)O.OCC1CO1.OCC1CO1. The van der Waals surface area contributed by atoms with Crippen LogP contribution < -0.4 is 0 Å². The Bertz CT molecular complexity index is 222. The number of rotatable bonds is 2. The van der Waals surface area contributed by atoms with Crippen LogP contribution in [0.1, 0.15) is 0 Å². The van der Waals surface area contributed by atoms with E-state index in [0.717, 1.165) is 13.2 Å². The molecule has 0 aromatic heterocycles. The van der Waals surface area contributed by atoms with Gasteiger partial charge in [0, 0.05) is 0 Å². The Hall–Kier alpha value is -0.290. The van der Waals surface area contributed by atoms with Gasteiger partial charge in [-0.2, -0.15) is 8.42 Å². The summed E-state index contributed by atoms with van der Waals surface area (Å²) in [5.41, 5.74) is 0. The summed E-state index contributed by atoms with van der Waals surface area (Å²) >= 11 is 0. The van der Waals surface area contributed by atoms with E-state index in [2.05, 4.69) is 9.47 Å². The Balaban J connectivity index is 0.000000196. The Morgan fingerprint density at radius 1 is 1.00 bits per heavy atom. The van der Waals surface area contributed by atoms with Gasteiger partial charge in [0.2, 0.25) is 0 Å². The van der Waals surface area contributed by atoms with Crippen molar-refractivity contribution in [3.8, 4) is 0 Å². The minimum atomic E-state index is -4.67. The Kier molecular flexibility index (Phi) is 6.92. The fourth-order valence-electron chi connectivity index (χ4n) is 0.347. The highest BCUT2D eigenvalue weighted by molar-refractivity contribution is 7.79. The highest BCUT2D eigenvalue weighted by Gasteiger charge is 2.20. The van der Waals surface area contributed by atoms with E-state index in [1.54, 1.807) is 0 Å². The van der Waals surface area contributed by atoms with Gasteiger partial charge in [-0.3, -0.25) is 9.11 Å². The van der Waals surface area contributed by atoms with E-state index in [0.29, 0.717) is 0 Å². The summed E-state index contributed by atoms with van der Waals surface area (Å²) in [5.74, 6) is 0. The molecule has 2 aliphatic heterocycles. The second-order valence-corrected chi connectivity index (χ2v) is 3.62. The van der Waals surface area contributed by atoms with Gasteiger partial charge in [0.1, 0.15) is 12.2 Å². The Morgan fingerprint density at radius 2 is 1.20 bits per heavy atom. The molecular formula is C6H14O8S. The second kappa shape index (κ2) is 7.06. The van der Waals surface area contributed by atoms with Crippen molar-refractivity contribution < 1.29 is 37.2 Å². The third-order valence-electron chi connectivity index (χ3n) is 1.21. The highest BCUT2D eigenvalue weighted by atomic mass is 32.3. The first-order valence-corrected chi connectivity index (χ1v) is 5.41. The zero-order valence-corrected chi connectivity index (χ0v) is 8.63. The van der Waals surface area contributed by atoms with Crippen LogP contribution in [0.2, 0.25) is 0 Å². The van der Waals surface area contributed by atoms with Crippen molar-refractivity contribution in [3.05, 3.63) is 0 Å². The molecule has 4 N–H and O–H groups in total. The summed E-state index contributed by atoms with van der Waals surface area (Å²) in [6, 6.07) is 0. The molecule has 0 bridgehead atoms. The molecule has 92 valence electrons. The van der Waals surface area contributed by atoms with Crippen molar-refractivity contribution in [2.75, 3.05) is 26.4 Å².